The van der Waals surface area contributed by atoms with Crippen molar-refractivity contribution in [1.29, 1.82) is 0 Å². The van der Waals surface area contributed by atoms with E-state index in [0.29, 0.717) is 0 Å². The predicted octanol–water partition coefficient (Wildman–Crippen LogP) is 5.02. The van der Waals surface area contributed by atoms with Crippen LogP contribution in [0.3, 0.4) is 0 Å². The van der Waals surface area contributed by atoms with Crippen molar-refractivity contribution >= 4 is 29.2 Å². The Kier molecular flexibility index (Phi) is 6.23. The highest BCUT2D eigenvalue weighted by molar-refractivity contribution is 6.55. The quantitative estimate of drug-likeness (QED) is 0.386. The van der Waals surface area contributed by atoms with Crippen molar-refractivity contribution in [3.05, 3.63) is 22.2 Å². The van der Waals surface area contributed by atoms with Crippen LogP contribution in [-0.4, -0.2) is 18.2 Å². The van der Waals surface area contributed by atoms with Crippen LogP contribution in [0.25, 0.3) is 0 Å². The van der Waals surface area contributed by atoms with E-state index in [-0.39, 0.29) is 16.0 Å². The second-order valence-corrected chi connectivity index (χ2v) is 7.04. The molecule has 23 heavy (non-hydrogen) atoms. The molecule has 0 spiro atoms. The first-order valence-corrected chi connectivity index (χ1v) is 7.58. The molecule has 0 aromatic carbocycles. The van der Waals surface area contributed by atoms with E-state index in [0.717, 1.165) is 6.08 Å². The van der Waals surface area contributed by atoms with Gasteiger partial charge in [0.15, 0.2) is 6.10 Å². The Bertz CT molecular complexity index is 567. The first-order valence-electron chi connectivity index (χ1n) is 6.83. The number of carbonyl (C=O) groups excluding carboxylic acids is 1. The van der Waals surface area contributed by atoms with Gasteiger partial charge in [-0.15, -0.1) is 6.42 Å². The molecule has 2 nitrogen and oxygen atoms in total. The number of carbonyl (C=O) groups is 1. The van der Waals surface area contributed by atoms with Crippen LogP contribution in [0.15, 0.2) is 22.2 Å². The van der Waals surface area contributed by atoms with E-state index in [2.05, 4.69) is 5.92 Å². The third-order valence-electron chi connectivity index (χ3n) is 3.92. The van der Waals surface area contributed by atoms with E-state index in [4.69, 9.17) is 34.4 Å². The minimum absolute atomic E-state index is 0.0492. The number of ether oxygens (including phenoxy) is 1. The first-order chi connectivity index (χ1) is 10.4. The molecule has 0 N–H and O–H groups in total. The van der Waals surface area contributed by atoms with Crippen molar-refractivity contribution < 1.29 is 22.7 Å². The smallest absolute Gasteiger partial charge is 0.392 e. The van der Waals surface area contributed by atoms with E-state index in [1.165, 1.54) is 6.92 Å². The number of hydrogen-bond donors (Lipinski definition) is 0. The van der Waals surface area contributed by atoms with Gasteiger partial charge in [0.05, 0.1) is 12.3 Å². The van der Waals surface area contributed by atoms with Gasteiger partial charge in [-0.05, 0) is 29.9 Å². The third-order valence-corrected chi connectivity index (χ3v) is 4.18. The van der Waals surface area contributed by atoms with Gasteiger partial charge >= 0.3 is 12.1 Å². The third kappa shape index (κ3) is 5.47. The summed E-state index contributed by atoms with van der Waals surface area (Å²) in [4.78, 5) is 12.2. The fraction of sp³-hybridized carbons (Fsp3) is 0.562. The number of esters is 1. The van der Waals surface area contributed by atoms with Crippen molar-refractivity contribution in [2.24, 2.45) is 17.3 Å². The molecule has 1 rings (SSSR count). The Morgan fingerprint density at radius 3 is 2.43 bits per heavy atom. The van der Waals surface area contributed by atoms with Crippen molar-refractivity contribution in [2.45, 2.75) is 39.5 Å². The van der Waals surface area contributed by atoms with E-state index in [1.54, 1.807) is 6.08 Å². The number of hydrogen-bond acceptors (Lipinski definition) is 2. The number of terminal acetylenes is 1. The molecule has 128 valence electrons. The highest BCUT2D eigenvalue weighted by Gasteiger charge is 2.61. The molecular formula is C16H17Cl2F3O2. The highest BCUT2D eigenvalue weighted by atomic mass is 35.5. The molecular weight excluding hydrogens is 352 g/mol. The molecule has 0 aliphatic heterocycles. The fourth-order valence-corrected chi connectivity index (χ4v) is 2.68. The minimum atomic E-state index is -4.34. The van der Waals surface area contributed by atoms with Crippen LogP contribution in [0, 0.1) is 29.6 Å². The number of halogens is 5. The van der Waals surface area contributed by atoms with Gasteiger partial charge in [-0.3, -0.25) is 4.79 Å². The van der Waals surface area contributed by atoms with Crippen LogP contribution in [0.1, 0.15) is 27.2 Å². The zero-order valence-corrected chi connectivity index (χ0v) is 14.4. The van der Waals surface area contributed by atoms with Crippen molar-refractivity contribution in [3.63, 3.8) is 0 Å². The lowest BCUT2D eigenvalue weighted by molar-refractivity contribution is -0.147. The summed E-state index contributed by atoms with van der Waals surface area (Å²) in [7, 11) is 0. The molecule has 0 amide bonds. The van der Waals surface area contributed by atoms with Crippen LogP contribution in [0.4, 0.5) is 13.2 Å². The van der Waals surface area contributed by atoms with Crippen molar-refractivity contribution in [1.82, 2.24) is 0 Å². The summed E-state index contributed by atoms with van der Waals surface area (Å²) in [6, 6.07) is 0. The average Bonchev–Trinajstić information content (AvgIpc) is 2.92. The van der Waals surface area contributed by atoms with Gasteiger partial charge in [0.2, 0.25) is 0 Å². The van der Waals surface area contributed by atoms with Gasteiger partial charge in [-0.2, -0.15) is 13.2 Å². The van der Waals surface area contributed by atoms with E-state index in [1.807, 2.05) is 13.8 Å². The van der Waals surface area contributed by atoms with Crippen LogP contribution < -0.4 is 0 Å². The van der Waals surface area contributed by atoms with Crippen LogP contribution in [0.2, 0.25) is 0 Å². The summed E-state index contributed by atoms with van der Waals surface area (Å²) in [5, 5.41) is 0. The monoisotopic (exact) mass is 368 g/mol. The van der Waals surface area contributed by atoms with Gasteiger partial charge in [-0.1, -0.05) is 49.0 Å². The molecule has 0 heterocycles. The Balaban J connectivity index is 2.76. The maximum Gasteiger partial charge on any atom is 0.392 e. The molecule has 1 fully saturated rings. The summed E-state index contributed by atoms with van der Waals surface area (Å²) in [5.41, 5.74) is -0.228. The summed E-state index contributed by atoms with van der Waals surface area (Å²) in [6.45, 7) is 5.08. The zero-order valence-electron chi connectivity index (χ0n) is 12.9. The Morgan fingerprint density at radius 2 is 2.00 bits per heavy atom. The summed E-state index contributed by atoms with van der Waals surface area (Å²) in [6.07, 6.45) is 1.14. The minimum Gasteiger partial charge on any atom is -0.444 e. The molecule has 3 unspecified atom stereocenters. The second kappa shape index (κ2) is 7.19. The van der Waals surface area contributed by atoms with Crippen molar-refractivity contribution in [3.8, 4) is 12.3 Å². The van der Waals surface area contributed by atoms with Crippen LogP contribution in [0.5, 0.6) is 0 Å². The van der Waals surface area contributed by atoms with Crippen molar-refractivity contribution in [2.75, 3.05) is 0 Å². The van der Waals surface area contributed by atoms with Gasteiger partial charge in [-0.25, -0.2) is 0 Å². The lowest BCUT2D eigenvalue weighted by Gasteiger charge is -2.14. The molecule has 7 heteroatoms. The summed E-state index contributed by atoms with van der Waals surface area (Å²) < 4.78 is 41.9. The molecule has 1 aliphatic rings. The molecule has 0 saturated heterocycles. The highest BCUT2D eigenvalue weighted by Crippen LogP contribution is 2.60. The Labute approximate surface area is 143 Å². The van der Waals surface area contributed by atoms with E-state index < -0.39 is 36.0 Å². The molecule has 0 aromatic rings. The molecule has 3 atom stereocenters. The summed E-state index contributed by atoms with van der Waals surface area (Å²) in [5.74, 6) is 0.932. The Morgan fingerprint density at radius 1 is 1.43 bits per heavy atom. The SMILES string of the molecule is C#CC(OC(=O)C1C(C=C(Cl)Cl)C1(C)C)C(C)=CCC(F)(F)F. The average molecular weight is 369 g/mol. The van der Waals surface area contributed by atoms with Crippen LogP contribution >= 0.6 is 23.2 Å². The normalized spacial score (nSPS) is 24.4. The van der Waals surface area contributed by atoms with Gasteiger partial charge in [0.1, 0.15) is 4.49 Å². The fourth-order valence-electron chi connectivity index (χ4n) is 2.41. The molecule has 0 aromatic heterocycles. The van der Waals surface area contributed by atoms with Gasteiger partial charge < -0.3 is 4.74 Å². The largest absolute Gasteiger partial charge is 0.444 e. The summed E-state index contributed by atoms with van der Waals surface area (Å²) >= 11 is 11.2. The number of rotatable bonds is 5. The van der Waals surface area contributed by atoms with Gasteiger partial charge in [0, 0.05) is 0 Å². The van der Waals surface area contributed by atoms with Gasteiger partial charge in [0.25, 0.3) is 0 Å². The lowest BCUT2D eigenvalue weighted by Crippen LogP contribution is -2.21. The zero-order chi connectivity index (χ0) is 18.0. The Hall–Kier alpha value is -1.12. The second-order valence-electron chi connectivity index (χ2n) is 6.03. The molecule has 0 bridgehead atoms. The predicted molar refractivity (Wildman–Crippen MR) is 83.7 cm³/mol. The topological polar surface area (TPSA) is 26.3 Å². The van der Waals surface area contributed by atoms with E-state index in [9.17, 15) is 18.0 Å². The number of allylic oxidation sites excluding steroid dienone is 2. The first kappa shape index (κ1) is 19.9. The maximum atomic E-state index is 12.2. The lowest BCUT2D eigenvalue weighted by atomic mass is 10.1. The van der Waals surface area contributed by atoms with E-state index >= 15 is 0 Å². The molecule has 1 saturated carbocycles. The standard InChI is InChI=1S/C16H17Cl2F3O2/c1-5-11(9(2)6-7-16(19,20)21)23-14(22)13-10(8-12(17)18)15(13,3)4/h1,6,8,10-11,13H,7H2,2-4H3. The molecule has 1 aliphatic carbocycles. The maximum absolute atomic E-state index is 12.2. The van der Waals surface area contributed by atoms with Crippen LogP contribution in [-0.2, 0) is 9.53 Å². The molecule has 0 radical (unpaired) electrons. The number of alkyl halides is 3.